The Bertz CT molecular complexity index is 1060. The van der Waals surface area contributed by atoms with E-state index in [9.17, 15) is 18.0 Å². The molecule has 2 saturated carbocycles. The highest BCUT2D eigenvalue weighted by molar-refractivity contribution is 7.89. The van der Waals surface area contributed by atoms with E-state index in [0.29, 0.717) is 19.4 Å². The van der Waals surface area contributed by atoms with Crippen LogP contribution in [0.4, 0.5) is 5.69 Å². The van der Waals surface area contributed by atoms with Crippen LogP contribution >= 0.6 is 0 Å². The Kier molecular flexibility index (Phi) is 6.48. The van der Waals surface area contributed by atoms with Crippen molar-refractivity contribution in [1.29, 1.82) is 0 Å². The van der Waals surface area contributed by atoms with E-state index in [-0.39, 0.29) is 47.2 Å². The minimum absolute atomic E-state index is 0.00328. The molecule has 1 aromatic carbocycles. The summed E-state index contributed by atoms with van der Waals surface area (Å²) in [6, 6.07) is 5.44. The maximum Gasteiger partial charge on any atom is 0.243 e. The van der Waals surface area contributed by atoms with Crippen molar-refractivity contribution in [3.8, 4) is 0 Å². The molecule has 7 nitrogen and oxygen atoms in total. The van der Waals surface area contributed by atoms with Gasteiger partial charge in [0.1, 0.15) is 0 Å². The van der Waals surface area contributed by atoms with Gasteiger partial charge >= 0.3 is 0 Å². The van der Waals surface area contributed by atoms with Crippen LogP contribution in [0.2, 0.25) is 0 Å². The Hall–Kier alpha value is -1.93. The fourth-order valence-corrected chi connectivity index (χ4v) is 7.45. The van der Waals surface area contributed by atoms with E-state index in [0.717, 1.165) is 62.1 Å². The normalized spacial score (nSPS) is 30.1. The number of nitrogens with zero attached hydrogens (tertiary/aromatic N) is 2. The van der Waals surface area contributed by atoms with E-state index in [1.807, 2.05) is 11.8 Å². The van der Waals surface area contributed by atoms with Gasteiger partial charge in [-0.25, -0.2) is 8.42 Å². The van der Waals surface area contributed by atoms with Gasteiger partial charge in [-0.15, -0.1) is 0 Å². The third-order valence-corrected chi connectivity index (χ3v) is 10.0. The molecule has 2 aliphatic carbocycles. The number of carbonyl (C=O) groups is 2. The average molecular weight is 488 g/mol. The van der Waals surface area contributed by atoms with E-state index in [4.69, 9.17) is 0 Å². The maximum absolute atomic E-state index is 13.5. The second kappa shape index (κ2) is 9.26. The minimum atomic E-state index is -3.70. The van der Waals surface area contributed by atoms with Crippen molar-refractivity contribution in [2.24, 2.45) is 17.8 Å². The van der Waals surface area contributed by atoms with E-state index < -0.39 is 10.0 Å². The van der Waals surface area contributed by atoms with Crippen LogP contribution in [0.5, 0.6) is 0 Å². The van der Waals surface area contributed by atoms with Gasteiger partial charge in [0.15, 0.2) is 0 Å². The van der Waals surface area contributed by atoms with Crippen LogP contribution in [-0.4, -0.2) is 49.7 Å². The van der Waals surface area contributed by atoms with Crippen molar-refractivity contribution >= 4 is 27.5 Å². The molecule has 2 heterocycles. The molecular formula is C26H37N3O4S. The Labute approximate surface area is 203 Å². The van der Waals surface area contributed by atoms with Crippen molar-refractivity contribution in [3.63, 3.8) is 0 Å². The van der Waals surface area contributed by atoms with Gasteiger partial charge in [0.2, 0.25) is 21.8 Å². The number of amides is 2. The lowest BCUT2D eigenvalue weighted by molar-refractivity contribution is -0.127. The first-order valence-corrected chi connectivity index (χ1v) is 14.4. The standard InChI is InChI=1S/C26H37N3O4S/c1-17-5-9-22(10-6-17)27-25(30)20-4-3-13-28(16-20)34(32,33)23-11-12-24-21(15-23)14-18(2)29(24)26(31)19-7-8-19/h11-12,15,17-20,22H,3-10,13-14,16H2,1-2H3,(H,27,30)/t17?,18-,20-,22?/m1/s1. The Morgan fingerprint density at radius 3 is 2.41 bits per heavy atom. The molecule has 0 aromatic heterocycles. The third kappa shape index (κ3) is 4.63. The van der Waals surface area contributed by atoms with Crippen molar-refractivity contribution in [2.45, 2.75) is 88.6 Å². The van der Waals surface area contributed by atoms with Gasteiger partial charge in [0.25, 0.3) is 0 Å². The number of sulfonamides is 1. The molecule has 4 aliphatic rings. The van der Waals surface area contributed by atoms with Crippen LogP contribution < -0.4 is 10.2 Å². The molecule has 1 N–H and O–H groups in total. The molecule has 186 valence electrons. The van der Waals surface area contributed by atoms with Gasteiger partial charge in [-0.05, 0) is 94.4 Å². The lowest BCUT2D eigenvalue weighted by atomic mass is 9.87. The van der Waals surface area contributed by atoms with Gasteiger partial charge in [-0.3, -0.25) is 9.59 Å². The third-order valence-electron chi connectivity index (χ3n) is 8.19. The fraction of sp³-hybridized carbons (Fsp3) is 0.692. The van der Waals surface area contributed by atoms with Crippen molar-refractivity contribution in [2.75, 3.05) is 18.0 Å². The lowest BCUT2D eigenvalue weighted by Gasteiger charge is -2.33. The highest BCUT2D eigenvalue weighted by atomic mass is 32.2. The van der Waals surface area contributed by atoms with Crippen LogP contribution in [0, 0.1) is 17.8 Å². The second-order valence-corrected chi connectivity index (χ2v) is 12.9. The molecule has 0 bridgehead atoms. The Morgan fingerprint density at radius 2 is 1.71 bits per heavy atom. The largest absolute Gasteiger partial charge is 0.353 e. The molecule has 2 aliphatic heterocycles. The van der Waals surface area contributed by atoms with Gasteiger partial charge in [0, 0.05) is 36.8 Å². The number of piperidine rings is 1. The van der Waals surface area contributed by atoms with Crippen molar-refractivity contribution in [3.05, 3.63) is 23.8 Å². The zero-order chi connectivity index (χ0) is 24.0. The van der Waals surface area contributed by atoms with Crippen molar-refractivity contribution < 1.29 is 18.0 Å². The summed E-state index contributed by atoms with van der Waals surface area (Å²) in [4.78, 5) is 27.8. The number of hydrogen-bond donors (Lipinski definition) is 1. The quantitative estimate of drug-likeness (QED) is 0.689. The van der Waals surface area contributed by atoms with E-state index in [1.165, 1.54) is 4.31 Å². The first-order valence-electron chi connectivity index (χ1n) is 13.0. The first-order chi connectivity index (χ1) is 16.2. The SMILES string of the molecule is CC1CCC(NC(=O)[C@@H]2CCCN(S(=O)(=O)c3ccc4c(c3)C[C@@H](C)N4C(=O)C3CC3)C2)CC1. The number of hydrogen-bond acceptors (Lipinski definition) is 4. The Morgan fingerprint density at radius 1 is 0.971 bits per heavy atom. The predicted molar refractivity (Wildman–Crippen MR) is 131 cm³/mol. The summed E-state index contributed by atoms with van der Waals surface area (Å²) in [5, 5.41) is 3.19. The summed E-state index contributed by atoms with van der Waals surface area (Å²) in [6.45, 7) is 4.95. The number of nitrogens with one attached hydrogen (secondary N) is 1. The molecule has 5 rings (SSSR count). The minimum Gasteiger partial charge on any atom is -0.353 e. The number of carbonyl (C=O) groups excluding carboxylic acids is 2. The van der Waals surface area contributed by atoms with Crippen LogP contribution in [0.3, 0.4) is 0 Å². The molecule has 34 heavy (non-hydrogen) atoms. The Balaban J connectivity index is 1.27. The second-order valence-electron chi connectivity index (χ2n) is 11.0. The van der Waals surface area contributed by atoms with Gasteiger partial charge in [0.05, 0.1) is 10.8 Å². The first kappa shape index (κ1) is 23.8. The maximum atomic E-state index is 13.5. The van der Waals surface area contributed by atoms with E-state index in [2.05, 4.69) is 12.2 Å². The topological polar surface area (TPSA) is 86.8 Å². The lowest BCUT2D eigenvalue weighted by Crippen LogP contribution is -2.48. The number of rotatable bonds is 5. The molecule has 3 fully saturated rings. The molecule has 0 spiro atoms. The molecule has 1 saturated heterocycles. The number of fused-ring (bicyclic) bond motifs is 1. The molecule has 1 aromatic rings. The molecule has 0 radical (unpaired) electrons. The van der Waals surface area contributed by atoms with E-state index >= 15 is 0 Å². The molecule has 2 atom stereocenters. The summed E-state index contributed by atoms with van der Waals surface area (Å²) in [7, 11) is -3.70. The molecular weight excluding hydrogens is 450 g/mol. The van der Waals surface area contributed by atoms with Crippen LogP contribution in [0.25, 0.3) is 0 Å². The van der Waals surface area contributed by atoms with Crippen LogP contribution in [0.15, 0.2) is 23.1 Å². The molecule has 0 unspecified atom stereocenters. The zero-order valence-electron chi connectivity index (χ0n) is 20.3. The number of anilines is 1. The summed E-state index contributed by atoms with van der Waals surface area (Å²) in [6.07, 6.45) is 8.27. The van der Waals surface area contributed by atoms with Gasteiger partial charge in [-0.2, -0.15) is 4.31 Å². The highest BCUT2D eigenvalue weighted by Crippen LogP contribution is 2.40. The fourth-order valence-electron chi connectivity index (χ4n) is 5.88. The molecule has 8 heteroatoms. The predicted octanol–water partition coefficient (Wildman–Crippen LogP) is 3.47. The van der Waals surface area contributed by atoms with Crippen LogP contribution in [0.1, 0.15) is 70.8 Å². The summed E-state index contributed by atoms with van der Waals surface area (Å²) in [5.74, 6) is 0.711. The monoisotopic (exact) mass is 487 g/mol. The van der Waals surface area contributed by atoms with Crippen molar-refractivity contribution in [1.82, 2.24) is 9.62 Å². The van der Waals surface area contributed by atoms with Gasteiger partial charge < -0.3 is 10.2 Å². The van der Waals surface area contributed by atoms with Crippen LogP contribution in [-0.2, 0) is 26.0 Å². The average Bonchev–Trinajstić information content (AvgIpc) is 3.62. The summed E-state index contributed by atoms with van der Waals surface area (Å²) in [5.41, 5.74) is 1.77. The summed E-state index contributed by atoms with van der Waals surface area (Å²) >= 11 is 0. The summed E-state index contributed by atoms with van der Waals surface area (Å²) < 4.78 is 28.5. The smallest absolute Gasteiger partial charge is 0.243 e. The van der Waals surface area contributed by atoms with E-state index in [1.54, 1.807) is 18.2 Å². The highest BCUT2D eigenvalue weighted by Gasteiger charge is 2.40. The van der Waals surface area contributed by atoms with Gasteiger partial charge in [-0.1, -0.05) is 6.92 Å². The molecule has 2 amide bonds. The number of benzene rings is 1. The zero-order valence-corrected chi connectivity index (χ0v) is 21.1.